The Kier molecular flexibility index (Phi) is 8.19. The summed E-state index contributed by atoms with van der Waals surface area (Å²) in [6, 6.07) is 0. The van der Waals surface area contributed by atoms with Crippen molar-refractivity contribution in [2.24, 2.45) is 23.7 Å². The molecule has 92 valence electrons. The molecular weight excluding hydrogens is 180 g/mol. The maximum atomic E-state index is 2.37. The van der Waals surface area contributed by atoms with Gasteiger partial charge in [-0.15, -0.1) is 0 Å². The normalized spacial score (nSPS) is 12.4. The molecule has 0 saturated heterocycles. The third-order valence-corrected chi connectivity index (χ3v) is 3.53. The highest BCUT2D eigenvalue weighted by Gasteiger charge is 2.16. The van der Waals surface area contributed by atoms with Crippen LogP contribution < -0.4 is 0 Å². The zero-order valence-corrected chi connectivity index (χ0v) is 11.8. The van der Waals surface area contributed by atoms with Crippen molar-refractivity contribution in [3.8, 4) is 0 Å². The smallest absolute Gasteiger partial charge is 0.0368 e. The van der Waals surface area contributed by atoms with Crippen LogP contribution in [-0.2, 0) is 0 Å². The predicted molar refractivity (Wildman–Crippen MR) is 71.1 cm³/mol. The van der Waals surface area contributed by atoms with Gasteiger partial charge in [-0.2, -0.15) is 0 Å². The van der Waals surface area contributed by atoms with Crippen LogP contribution in [0.5, 0.6) is 0 Å². The Bertz CT molecular complexity index is 125. The number of unbranched alkanes of at least 4 members (excludes halogenated alkanes) is 2. The van der Waals surface area contributed by atoms with Gasteiger partial charge in [0.15, 0.2) is 0 Å². The molecule has 0 aliphatic rings. The molecule has 0 heterocycles. The van der Waals surface area contributed by atoms with Gasteiger partial charge in [-0.05, 0) is 30.1 Å². The molecule has 0 N–H and O–H groups in total. The minimum atomic E-state index is 0.857. The van der Waals surface area contributed by atoms with E-state index in [1.165, 1.54) is 32.1 Å². The molecule has 0 bridgehead atoms. The largest absolute Gasteiger partial charge is 0.0628 e. The van der Waals surface area contributed by atoms with Crippen LogP contribution >= 0.6 is 0 Å². The van der Waals surface area contributed by atoms with Crippen molar-refractivity contribution in [3.05, 3.63) is 0 Å². The highest BCUT2D eigenvalue weighted by Crippen LogP contribution is 2.26. The minimum Gasteiger partial charge on any atom is -0.0628 e. The zero-order chi connectivity index (χ0) is 11.8. The Labute approximate surface area is 97.8 Å². The molecule has 0 aromatic heterocycles. The van der Waals surface area contributed by atoms with Crippen molar-refractivity contribution in [1.29, 1.82) is 0 Å². The first-order chi connectivity index (χ1) is 6.95. The van der Waals surface area contributed by atoms with Crippen LogP contribution in [0.15, 0.2) is 0 Å². The summed E-state index contributed by atoms with van der Waals surface area (Å²) in [5, 5.41) is 0. The van der Waals surface area contributed by atoms with Crippen molar-refractivity contribution < 1.29 is 0 Å². The summed E-state index contributed by atoms with van der Waals surface area (Å²) in [5.74, 6) is 3.53. The standard InChI is InChI=1S/C15H32/c1-12(2)10-8-7-9-11-15(13(3)4)14(5)6/h12-15H,7-11H2,1-6H3. The maximum absolute atomic E-state index is 2.37. The Morgan fingerprint density at radius 1 is 0.600 bits per heavy atom. The predicted octanol–water partition coefficient (Wildman–Crippen LogP) is 5.52. The van der Waals surface area contributed by atoms with E-state index in [-0.39, 0.29) is 0 Å². The minimum absolute atomic E-state index is 0.857. The molecule has 0 aliphatic heterocycles. The quantitative estimate of drug-likeness (QED) is 0.465. The second-order valence-corrected chi connectivity index (χ2v) is 6.18. The lowest BCUT2D eigenvalue weighted by Gasteiger charge is -2.24. The molecule has 0 saturated carbocycles. The molecular formula is C15H32. The van der Waals surface area contributed by atoms with E-state index in [0.29, 0.717) is 0 Å². The molecule has 0 unspecified atom stereocenters. The third kappa shape index (κ3) is 7.88. The molecule has 0 heteroatoms. The molecule has 0 aromatic carbocycles. The van der Waals surface area contributed by atoms with E-state index in [1.54, 1.807) is 0 Å². The van der Waals surface area contributed by atoms with Gasteiger partial charge in [0.25, 0.3) is 0 Å². The van der Waals surface area contributed by atoms with E-state index in [1.807, 2.05) is 0 Å². The molecule has 15 heavy (non-hydrogen) atoms. The van der Waals surface area contributed by atoms with Crippen LogP contribution in [-0.4, -0.2) is 0 Å². The van der Waals surface area contributed by atoms with Gasteiger partial charge in [0, 0.05) is 0 Å². The van der Waals surface area contributed by atoms with Gasteiger partial charge < -0.3 is 0 Å². The topological polar surface area (TPSA) is 0 Å². The molecule has 0 aromatic rings. The zero-order valence-electron chi connectivity index (χ0n) is 11.8. The fourth-order valence-corrected chi connectivity index (χ4v) is 2.55. The Morgan fingerprint density at radius 2 is 1.07 bits per heavy atom. The van der Waals surface area contributed by atoms with Gasteiger partial charge >= 0.3 is 0 Å². The molecule has 0 rings (SSSR count). The summed E-state index contributed by atoms with van der Waals surface area (Å²) in [6.45, 7) is 14.1. The lowest BCUT2D eigenvalue weighted by Crippen LogP contribution is -2.15. The average molecular weight is 212 g/mol. The summed E-state index contributed by atoms with van der Waals surface area (Å²) in [5.41, 5.74) is 0. The first-order valence-corrected chi connectivity index (χ1v) is 6.95. The number of hydrogen-bond donors (Lipinski definition) is 0. The molecule has 0 atom stereocenters. The first-order valence-electron chi connectivity index (χ1n) is 6.95. The average Bonchev–Trinajstić information content (AvgIpc) is 2.08. The highest BCUT2D eigenvalue weighted by atomic mass is 14.2. The van der Waals surface area contributed by atoms with Gasteiger partial charge in [-0.25, -0.2) is 0 Å². The monoisotopic (exact) mass is 212 g/mol. The summed E-state index contributed by atoms with van der Waals surface area (Å²) >= 11 is 0. The molecule has 0 fully saturated rings. The van der Waals surface area contributed by atoms with E-state index in [0.717, 1.165) is 23.7 Å². The van der Waals surface area contributed by atoms with Gasteiger partial charge in [0.2, 0.25) is 0 Å². The van der Waals surface area contributed by atoms with Crippen LogP contribution in [0.1, 0.15) is 73.6 Å². The number of rotatable bonds is 8. The maximum Gasteiger partial charge on any atom is -0.0368 e. The van der Waals surface area contributed by atoms with Crippen molar-refractivity contribution in [2.45, 2.75) is 73.6 Å². The lowest BCUT2D eigenvalue weighted by atomic mass is 9.81. The van der Waals surface area contributed by atoms with Crippen molar-refractivity contribution in [3.63, 3.8) is 0 Å². The summed E-state index contributed by atoms with van der Waals surface area (Å²) in [7, 11) is 0. The Morgan fingerprint density at radius 3 is 1.47 bits per heavy atom. The van der Waals surface area contributed by atoms with Crippen LogP contribution in [0.4, 0.5) is 0 Å². The molecule has 0 spiro atoms. The van der Waals surface area contributed by atoms with E-state index >= 15 is 0 Å². The van der Waals surface area contributed by atoms with Crippen LogP contribution in [0.25, 0.3) is 0 Å². The van der Waals surface area contributed by atoms with E-state index < -0.39 is 0 Å². The van der Waals surface area contributed by atoms with Crippen molar-refractivity contribution >= 4 is 0 Å². The fourth-order valence-electron chi connectivity index (χ4n) is 2.55. The van der Waals surface area contributed by atoms with Gasteiger partial charge in [0.05, 0.1) is 0 Å². The van der Waals surface area contributed by atoms with Gasteiger partial charge in [0.1, 0.15) is 0 Å². The Balaban J connectivity index is 3.55. The molecule has 0 radical (unpaired) electrons. The lowest BCUT2D eigenvalue weighted by molar-refractivity contribution is 0.260. The highest BCUT2D eigenvalue weighted by molar-refractivity contribution is 4.66. The fraction of sp³-hybridized carbons (Fsp3) is 1.00. The molecule has 0 nitrogen and oxygen atoms in total. The van der Waals surface area contributed by atoms with Gasteiger partial charge in [-0.3, -0.25) is 0 Å². The van der Waals surface area contributed by atoms with Crippen molar-refractivity contribution in [1.82, 2.24) is 0 Å². The van der Waals surface area contributed by atoms with Crippen LogP contribution in [0.2, 0.25) is 0 Å². The van der Waals surface area contributed by atoms with Gasteiger partial charge in [-0.1, -0.05) is 67.2 Å². The first kappa shape index (κ1) is 15.0. The van der Waals surface area contributed by atoms with E-state index in [9.17, 15) is 0 Å². The second kappa shape index (κ2) is 8.19. The van der Waals surface area contributed by atoms with E-state index in [4.69, 9.17) is 0 Å². The second-order valence-electron chi connectivity index (χ2n) is 6.18. The van der Waals surface area contributed by atoms with Crippen LogP contribution in [0.3, 0.4) is 0 Å². The third-order valence-electron chi connectivity index (χ3n) is 3.53. The summed E-state index contributed by atoms with van der Waals surface area (Å²) < 4.78 is 0. The SMILES string of the molecule is CC(C)CCCCCC(C(C)C)C(C)C. The number of hydrogen-bond acceptors (Lipinski definition) is 0. The summed E-state index contributed by atoms with van der Waals surface area (Å²) in [4.78, 5) is 0. The molecule has 0 aliphatic carbocycles. The van der Waals surface area contributed by atoms with Crippen LogP contribution in [0, 0.1) is 23.7 Å². The molecule has 0 amide bonds. The van der Waals surface area contributed by atoms with E-state index in [2.05, 4.69) is 41.5 Å². The van der Waals surface area contributed by atoms with Crippen molar-refractivity contribution in [2.75, 3.05) is 0 Å². The Hall–Kier alpha value is 0. The summed E-state index contributed by atoms with van der Waals surface area (Å²) in [6.07, 6.45) is 7.16.